The zero-order valence-electron chi connectivity index (χ0n) is 21.7. The number of carbonyl (C=O) groups is 1. The number of nitrogen functional groups attached to an aromatic ring is 1. The number of para-hydroxylation sites is 1. The van der Waals surface area contributed by atoms with E-state index in [-0.39, 0.29) is 23.5 Å². The molecule has 4 heterocycles. The summed E-state index contributed by atoms with van der Waals surface area (Å²) in [5, 5.41) is 26.0. The molecule has 1 amide bonds. The first-order chi connectivity index (χ1) is 19.5. The molecular weight excluding hydrogens is 510 g/mol. The minimum atomic E-state index is -0.582. The monoisotopic (exact) mass is 537 g/mol. The molecule has 0 radical (unpaired) electrons. The molecule has 1 aliphatic heterocycles. The summed E-state index contributed by atoms with van der Waals surface area (Å²) in [5.74, 6) is 0.106. The van der Waals surface area contributed by atoms with Crippen LogP contribution in [0.15, 0.2) is 70.6 Å². The number of rotatable bonds is 7. The van der Waals surface area contributed by atoms with E-state index in [1.54, 1.807) is 21.7 Å². The van der Waals surface area contributed by atoms with Crippen LogP contribution in [0.2, 0.25) is 0 Å². The molecule has 0 saturated carbocycles. The zero-order valence-corrected chi connectivity index (χ0v) is 21.7. The van der Waals surface area contributed by atoms with Crippen LogP contribution in [0.1, 0.15) is 35.4 Å². The number of anilines is 1. The molecule has 1 aliphatic rings. The number of nitrogens with two attached hydrogens (primary N) is 1. The second-order valence-corrected chi connectivity index (χ2v) is 9.51. The number of amides is 1. The van der Waals surface area contributed by atoms with Crippen molar-refractivity contribution in [1.29, 1.82) is 0 Å². The maximum absolute atomic E-state index is 14.2. The van der Waals surface area contributed by atoms with Crippen molar-refractivity contribution in [3.63, 3.8) is 0 Å². The molecule has 0 unspecified atom stereocenters. The fraction of sp³-hybridized carbons (Fsp3) is 0.214. The summed E-state index contributed by atoms with van der Waals surface area (Å²) in [5.41, 5.74) is 8.42. The van der Waals surface area contributed by atoms with Gasteiger partial charge in [-0.05, 0) is 30.5 Å². The number of carbonyl (C=O) groups excluding carboxylic acids is 1. The molecule has 12 nitrogen and oxygen atoms in total. The number of nitrogens with zero attached hydrogens (tertiary/aromatic N) is 7. The number of aliphatic hydroxyl groups excluding tert-OH is 1. The van der Waals surface area contributed by atoms with Crippen LogP contribution in [0.3, 0.4) is 0 Å². The molecule has 0 aliphatic carbocycles. The largest absolute Gasteiger partial charge is 0.394 e. The minimum Gasteiger partial charge on any atom is -0.394 e. The average molecular weight is 538 g/mol. The van der Waals surface area contributed by atoms with Crippen molar-refractivity contribution in [1.82, 2.24) is 34.7 Å². The Morgan fingerprint density at radius 1 is 1.18 bits per heavy atom. The van der Waals surface area contributed by atoms with Gasteiger partial charge in [0.15, 0.2) is 11.6 Å². The van der Waals surface area contributed by atoms with E-state index < -0.39 is 11.9 Å². The molecule has 40 heavy (non-hydrogen) atoms. The van der Waals surface area contributed by atoms with Gasteiger partial charge in [0.05, 0.1) is 30.8 Å². The van der Waals surface area contributed by atoms with Crippen LogP contribution >= 0.6 is 0 Å². The van der Waals surface area contributed by atoms with Gasteiger partial charge in [0, 0.05) is 36.1 Å². The van der Waals surface area contributed by atoms with Crippen LogP contribution < -0.4 is 16.6 Å². The third-order valence-electron chi connectivity index (χ3n) is 6.89. The van der Waals surface area contributed by atoms with Crippen molar-refractivity contribution in [2.45, 2.75) is 32.5 Å². The molecule has 6 rings (SSSR count). The van der Waals surface area contributed by atoms with Gasteiger partial charge in [-0.1, -0.05) is 41.6 Å². The van der Waals surface area contributed by atoms with Crippen LogP contribution in [0.5, 0.6) is 0 Å². The predicted molar refractivity (Wildman–Crippen MR) is 151 cm³/mol. The summed E-state index contributed by atoms with van der Waals surface area (Å²) < 4.78 is 4.76. The fourth-order valence-electron chi connectivity index (χ4n) is 5.04. The van der Waals surface area contributed by atoms with E-state index in [1.807, 2.05) is 61.5 Å². The van der Waals surface area contributed by atoms with Gasteiger partial charge in [0.2, 0.25) is 0 Å². The summed E-state index contributed by atoms with van der Waals surface area (Å²) in [6.07, 6.45) is 4.16. The molecule has 4 N–H and O–H groups in total. The minimum absolute atomic E-state index is 0.0770. The lowest BCUT2D eigenvalue weighted by atomic mass is 10.0. The van der Waals surface area contributed by atoms with Crippen molar-refractivity contribution in [2.24, 2.45) is 4.99 Å². The molecule has 0 saturated heterocycles. The molecule has 0 bridgehead atoms. The third-order valence-corrected chi connectivity index (χ3v) is 6.89. The number of aromatic nitrogens is 6. The lowest BCUT2D eigenvalue weighted by Gasteiger charge is -2.21. The Labute approximate surface area is 228 Å². The van der Waals surface area contributed by atoms with Gasteiger partial charge >= 0.3 is 0 Å². The standard InChI is InChI=1S/C28H27N9O3/c1-17(31-27(39)24-25(29)33-36-12-6-11-30-26(24)36)22-15-18-7-5-10-20(21-16-35(13-14-38)34-32-21)23(18)28(40)37(22)19-8-3-2-4-9-19/h2-5,7-11,15-17,38H,6,12-14H2,1H3,(H2,29,33)(H,31,39)/t17-/m0/s1. The van der Waals surface area contributed by atoms with E-state index in [0.717, 1.165) is 0 Å². The number of nitrogens with one attached hydrogen (secondary N) is 1. The number of aliphatic imine (C=N–C) groups is 1. The molecule has 1 atom stereocenters. The number of hydrogen-bond donors (Lipinski definition) is 3. The molecule has 3 aromatic heterocycles. The SMILES string of the molecule is C[C@H](NC(=O)c1c(N)nn2c1N=CCC2)c1cc2cccc(-c3cn(CCO)nn3)c2c(=O)n1-c1ccccc1. The highest BCUT2D eigenvalue weighted by atomic mass is 16.3. The van der Waals surface area contributed by atoms with Gasteiger partial charge in [0.25, 0.3) is 11.5 Å². The van der Waals surface area contributed by atoms with Gasteiger partial charge in [-0.3, -0.25) is 14.2 Å². The Kier molecular flexibility index (Phi) is 6.44. The van der Waals surface area contributed by atoms with Crippen molar-refractivity contribution in [3.05, 3.63) is 82.4 Å². The molecular formula is C28H27N9O3. The molecule has 0 spiro atoms. The molecule has 202 valence electrons. The van der Waals surface area contributed by atoms with E-state index in [1.165, 1.54) is 4.68 Å². The van der Waals surface area contributed by atoms with Crippen LogP contribution in [-0.4, -0.2) is 53.2 Å². The highest BCUT2D eigenvalue weighted by Gasteiger charge is 2.26. The van der Waals surface area contributed by atoms with Gasteiger partial charge in [-0.25, -0.2) is 14.4 Å². The Morgan fingerprint density at radius 2 is 2.00 bits per heavy atom. The lowest BCUT2D eigenvalue weighted by Crippen LogP contribution is -2.32. The number of aryl methyl sites for hydroxylation is 1. The van der Waals surface area contributed by atoms with E-state index in [4.69, 9.17) is 5.73 Å². The number of pyridine rings is 1. The number of benzene rings is 2. The van der Waals surface area contributed by atoms with Gasteiger partial charge in [-0.2, -0.15) is 5.10 Å². The van der Waals surface area contributed by atoms with Gasteiger partial charge < -0.3 is 16.2 Å². The molecule has 12 heteroatoms. The summed E-state index contributed by atoms with van der Waals surface area (Å²) in [6, 6.07) is 16.1. The van der Waals surface area contributed by atoms with Crippen molar-refractivity contribution in [2.75, 3.05) is 12.3 Å². The van der Waals surface area contributed by atoms with Crippen LogP contribution in [0.25, 0.3) is 27.7 Å². The molecule has 0 fully saturated rings. The first kappa shape index (κ1) is 25.2. The second-order valence-electron chi connectivity index (χ2n) is 9.51. The lowest BCUT2D eigenvalue weighted by molar-refractivity contribution is 0.0940. The predicted octanol–water partition coefficient (Wildman–Crippen LogP) is 2.62. The Balaban J connectivity index is 1.47. The van der Waals surface area contributed by atoms with Crippen molar-refractivity contribution >= 4 is 34.5 Å². The first-order valence-electron chi connectivity index (χ1n) is 12.9. The van der Waals surface area contributed by atoms with Crippen LogP contribution in [0.4, 0.5) is 11.6 Å². The van der Waals surface area contributed by atoms with Gasteiger partial charge in [0.1, 0.15) is 11.3 Å². The van der Waals surface area contributed by atoms with Crippen LogP contribution in [0, 0.1) is 0 Å². The highest BCUT2D eigenvalue weighted by Crippen LogP contribution is 2.30. The zero-order chi connectivity index (χ0) is 27.8. The number of aliphatic hydroxyl groups is 1. The van der Waals surface area contributed by atoms with Gasteiger partial charge in [-0.15, -0.1) is 5.10 Å². The maximum atomic E-state index is 14.2. The normalized spacial score (nSPS) is 13.3. The topological polar surface area (TPSA) is 158 Å². The summed E-state index contributed by atoms with van der Waals surface area (Å²) >= 11 is 0. The highest BCUT2D eigenvalue weighted by molar-refractivity contribution is 6.03. The Morgan fingerprint density at radius 3 is 2.80 bits per heavy atom. The quantitative estimate of drug-likeness (QED) is 0.288. The Bertz CT molecular complexity index is 1820. The second kappa shape index (κ2) is 10.2. The maximum Gasteiger partial charge on any atom is 0.263 e. The number of hydrogen-bond acceptors (Lipinski definition) is 8. The summed E-state index contributed by atoms with van der Waals surface area (Å²) in [4.78, 5) is 32.0. The molecule has 5 aromatic rings. The van der Waals surface area contributed by atoms with Crippen LogP contribution in [-0.2, 0) is 13.1 Å². The third kappa shape index (κ3) is 4.33. The van der Waals surface area contributed by atoms with Crippen molar-refractivity contribution in [3.8, 4) is 16.9 Å². The average Bonchev–Trinajstić information content (AvgIpc) is 3.56. The van der Waals surface area contributed by atoms with E-state index in [0.29, 0.717) is 58.7 Å². The number of fused-ring (bicyclic) bond motifs is 2. The fourth-order valence-corrected chi connectivity index (χ4v) is 5.04. The van der Waals surface area contributed by atoms with E-state index in [9.17, 15) is 14.7 Å². The summed E-state index contributed by atoms with van der Waals surface area (Å²) in [7, 11) is 0. The van der Waals surface area contributed by atoms with E-state index in [2.05, 4.69) is 25.7 Å². The molecule has 2 aromatic carbocycles. The Hall–Kier alpha value is -5.10. The summed E-state index contributed by atoms with van der Waals surface area (Å²) in [6.45, 7) is 2.63. The smallest absolute Gasteiger partial charge is 0.263 e. The van der Waals surface area contributed by atoms with Crippen molar-refractivity contribution < 1.29 is 9.90 Å². The first-order valence-corrected chi connectivity index (χ1v) is 12.9. The van der Waals surface area contributed by atoms with E-state index >= 15 is 0 Å².